The van der Waals surface area contributed by atoms with E-state index in [2.05, 4.69) is 11.8 Å². The SMILES string of the molecule is CC(N)N1CCC2(CC2)C1. The maximum absolute atomic E-state index is 5.77. The number of hydrogen-bond donors (Lipinski definition) is 1. The van der Waals surface area contributed by atoms with E-state index in [0.717, 1.165) is 5.41 Å². The second kappa shape index (κ2) is 1.95. The van der Waals surface area contributed by atoms with Gasteiger partial charge in [0.05, 0.1) is 6.17 Å². The zero-order valence-corrected chi connectivity index (χ0v) is 6.64. The molecule has 2 nitrogen and oxygen atoms in total. The summed E-state index contributed by atoms with van der Waals surface area (Å²) >= 11 is 0. The Labute approximate surface area is 62.4 Å². The Balaban J connectivity index is 1.93. The van der Waals surface area contributed by atoms with E-state index in [1.165, 1.54) is 32.4 Å². The van der Waals surface area contributed by atoms with Gasteiger partial charge in [-0.05, 0) is 31.6 Å². The quantitative estimate of drug-likeness (QED) is 0.583. The van der Waals surface area contributed by atoms with Crippen molar-refractivity contribution in [3.05, 3.63) is 0 Å². The van der Waals surface area contributed by atoms with Gasteiger partial charge < -0.3 is 5.73 Å². The van der Waals surface area contributed by atoms with Crippen LogP contribution in [0.4, 0.5) is 0 Å². The Morgan fingerprint density at radius 3 is 2.40 bits per heavy atom. The maximum atomic E-state index is 5.77. The molecular formula is C8H16N2. The first-order valence-electron chi connectivity index (χ1n) is 4.22. The van der Waals surface area contributed by atoms with Crippen LogP contribution < -0.4 is 5.73 Å². The van der Waals surface area contributed by atoms with Gasteiger partial charge in [0.1, 0.15) is 0 Å². The van der Waals surface area contributed by atoms with Crippen LogP contribution in [0, 0.1) is 5.41 Å². The first kappa shape index (κ1) is 6.62. The minimum Gasteiger partial charge on any atom is -0.316 e. The van der Waals surface area contributed by atoms with Crippen molar-refractivity contribution in [2.24, 2.45) is 11.1 Å². The van der Waals surface area contributed by atoms with Crippen molar-refractivity contribution < 1.29 is 0 Å². The standard InChI is InChI=1S/C8H16N2/c1-7(9)10-5-4-8(6-10)2-3-8/h7H,2-6,9H2,1H3. The van der Waals surface area contributed by atoms with Crippen molar-refractivity contribution in [3.63, 3.8) is 0 Å². The molecule has 0 aromatic carbocycles. The summed E-state index contributed by atoms with van der Waals surface area (Å²) in [6.07, 6.45) is 4.58. The average Bonchev–Trinajstić information content (AvgIpc) is 2.41. The number of nitrogens with two attached hydrogens (primary N) is 1. The molecule has 2 fully saturated rings. The topological polar surface area (TPSA) is 29.3 Å². The van der Waals surface area contributed by atoms with Crippen LogP contribution in [0.1, 0.15) is 26.2 Å². The lowest BCUT2D eigenvalue weighted by molar-refractivity contribution is 0.251. The van der Waals surface area contributed by atoms with E-state index in [1.54, 1.807) is 0 Å². The van der Waals surface area contributed by atoms with Crippen LogP contribution in [0.3, 0.4) is 0 Å². The highest BCUT2D eigenvalue weighted by molar-refractivity contribution is 5.00. The summed E-state index contributed by atoms with van der Waals surface area (Å²) in [5, 5.41) is 0. The number of nitrogens with zero attached hydrogens (tertiary/aromatic N) is 1. The van der Waals surface area contributed by atoms with Crippen molar-refractivity contribution in [1.29, 1.82) is 0 Å². The molecule has 2 aliphatic rings. The first-order valence-corrected chi connectivity index (χ1v) is 4.22. The Kier molecular flexibility index (Phi) is 1.29. The largest absolute Gasteiger partial charge is 0.316 e. The molecule has 2 heteroatoms. The molecule has 1 heterocycles. The van der Waals surface area contributed by atoms with Gasteiger partial charge in [-0.25, -0.2) is 0 Å². The monoisotopic (exact) mass is 140 g/mol. The van der Waals surface area contributed by atoms with Crippen LogP contribution in [0.5, 0.6) is 0 Å². The Morgan fingerprint density at radius 1 is 1.40 bits per heavy atom. The first-order chi connectivity index (χ1) is 4.72. The Morgan fingerprint density at radius 2 is 2.10 bits per heavy atom. The number of hydrogen-bond acceptors (Lipinski definition) is 2. The molecule has 1 saturated heterocycles. The summed E-state index contributed by atoms with van der Waals surface area (Å²) in [6, 6.07) is 0. The lowest BCUT2D eigenvalue weighted by Gasteiger charge is -2.19. The van der Waals surface area contributed by atoms with Crippen molar-refractivity contribution >= 4 is 0 Å². The van der Waals surface area contributed by atoms with E-state index in [1.807, 2.05) is 0 Å². The van der Waals surface area contributed by atoms with Crippen molar-refractivity contribution in [2.75, 3.05) is 13.1 Å². The molecule has 1 aliphatic carbocycles. The third kappa shape index (κ3) is 0.956. The molecule has 0 aromatic heterocycles. The fourth-order valence-corrected chi connectivity index (χ4v) is 1.90. The third-order valence-electron chi connectivity index (χ3n) is 3.00. The fraction of sp³-hybridized carbons (Fsp3) is 1.00. The van der Waals surface area contributed by atoms with Gasteiger partial charge in [-0.2, -0.15) is 0 Å². The molecule has 10 heavy (non-hydrogen) atoms. The van der Waals surface area contributed by atoms with Crippen molar-refractivity contribution in [1.82, 2.24) is 4.90 Å². The summed E-state index contributed by atoms with van der Waals surface area (Å²) < 4.78 is 0. The molecule has 0 bridgehead atoms. The Bertz CT molecular complexity index is 138. The summed E-state index contributed by atoms with van der Waals surface area (Å²) in [5.74, 6) is 0. The highest BCUT2D eigenvalue weighted by atomic mass is 15.2. The van der Waals surface area contributed by atoms with E-state index in [-0.39, 0.29) is 6.17 Å². The molecule has 0 aromatic rings. The van der Waals surface area contributed by atoms with E-state index >= 15 is 0 Å². The molecule has 1 saturated carbocycles. The molecule has 58 valence electrons. The van der Waals surface area contributed by atoms with Gasteiger partial charge in [-0.1, -0.05) is 0 Å². The van der Waals surface area contributed by atoms with Gasteiger partial charge >= 0.3 is 0 Å². The summed E-state index contributed by atoms with van der Waals surface area (Å²) in [5.41, 5.74) is 6.52. The van der Waals surface area contributed by atoms with Gasteiger partial charge in [0.25, 0.3) is 0 Å². The summed E-state index contributed by atoms with van der Waals surface area (Å²) in [7, 11) is 0. The molecule has 2 rings (SSSR count). The van der Waals surface area contributed by atoms with Crippen LogP contribution in [-0.2, 0) is 0 Å². The summed E-state index contributed by atoms with van der Waals surface area (Å²) in [6.45, 7) is 4.59. The van der Waals surface area contributed by atoms with Gasteiger partial charge in [0, 0.05) is 13.1 Å². The van der Waals surface area contributed by atoms with Gasteiger partial charge in [-0.15, -0.1) is 0 Å². The fourth-order valence-electron chi connectivity index (χ4n) is 1.90. The molecule has 1 aliphatic heterocycles. The molecule has 0 radical (unpaired) electrons. The van der Waals surface area contributed by atoms with Gasteiger partial charge in [0.2, 0.25) is 0 Å². The van der Waals surface area contributed by atoms with Crippen LogP contribution in [0.2, 0.25) is 0 Å². The van der Waals surface area contributed by atoms with Crippen molar-refractivity contribution in [3.8, 4) is 0 Å². The summed E-state index contributed by atoms with van der Waals surface area (Å²) in [4.78, 5) is 2.40. The van der Waals surface area contributed by atoms with E-state index in [4.69, 9.17) is 5.73 Å². The molecule has 1 unspecified atom stereocenters. The van der Waals surface area contributed by atoms with Crippen molar-refractivity contribution in [2.45, 2.75) is 32.4 Å². The zero-order valence-electron chi connectivity index (χ0n) is 6.64. The lowest BCUT2D eigenvalue weighted by Crippen LogP contribution is -2.37. The average molecular weight is 140 g/mol. The Hall–Kier alpha value is -0.0800. The van der Waals surface area contributed by atoms with Gasteiger partial charge in [-0.3, -0.25) is 4.90 Å². The highest BCUT2D eigenvalue weighted by Gasteiger charge is 2.47. The van der Waals surface area contributed by atoms with E-state index in [0.29, 0.717) is 0 Å². The smallest absolute Gasteiger partial charge is 0.0542 e. The van der Waals surface area contributed by atoms with Crippen LogP contribution in [0.25, 0.3) is 0 Å². The van der Waals surface area contributed by atoms with Crippen LogP contribution in [-0.4, -0.2) is 24.2 Å². The second-order valence-corrected chi connectivity index (χ2v) is 3.96. The van der Waals surface area contributed by atoms with Gasteiger partial charge in [0.15, 0.2) is 0 Å². The maximum Gasteiger partial charge on any atom is 0.0542 e. The minimum atomic E-state index is 0.278. The molecule has 1 atom stereocenters. The van der Waals surface area contributed by atoms with E-state index in [9.17, 15) is 0 Å². The normalized spacial score (nSPS) is 33.0. The molecule has 2 N–H and O–H groups in total. The van der Waals surface area contributed by atoms with Crippen LogP contribution >= 0.6 is 0 Å². The predicted octanol–water partition coefficient (Wildman–Crippen LogP) is 0.777. The zero-order chi connectivity index (χ0) is 7.19. The molecular weight excluding hydrogens is 124 g/mol. The third-order valence-corrected chi connectivity index (χ3v) is 3.00. The minimum absolute atomic E-state index is 0.278. The predicted molar refractivity (Wildman–Crippen MR) is 41.5 cm³/mol. The lowest BCUT2D eigenvalue weighted by atomic mass is 10.1. The molecule has 0 amide bonds. The molecule has 1 spiro atoms. The second-order valence-electron chi connectivity index (χ2n) is 3.96. The van der Waals surface area contributed by atoms with E-state index < -0.39 is 0 Å². The van der Waals surface area contributed by atoms with Crippen LogP contribution in [0.15, 0.2) is 0 Å². The number of rotatable bonds is 1. The highest BCUT2D eigenvalue weighted by Crippen LogP contribution is 2.52. The number of likely N-dealkylation sites (tertiary alicyclic amines) is 1.